The van der Waals surface area contributed by atoms with Crippen molar-refractivity contribution in [2.24, 2.45) is 4.99 Å². The number of carbonyl (C=O) groups excluding carboxylic acids is 1. The summed E-state index contributed by atoms with van der Waals surface area (Å²) < 4.78 is 25.1. The predicted octanol–water partition coefficient (Wildman–Crippen LogP) is 3.95. The zero-order valence-electron chi connectivity index (χ0n) is 14.6. The second kappa shape index (κ2) is 7.82. The Labute approximate surface area is 181 Å². The number of benzene rings is 2. The van der Waals surface area contributed by atoms with Crippen LogP contribution >= 0.6 is 39.3 Å². The van der Waals surface area contributed by atoms with Crippen LogP contribution in [0.15, 0.2) is 58.0 Å². The lowest BCUT2D eigenvalue weighted by molar-refractivity contribution is -0.117. The number of thioether (sulfide) groups is 1. The van der Waals surface area contributed by atoms with Crippen LogP contribution in [0.1, 0.15) is 5.56 Å². The van der Waals surface area contributed by atoms with Crippen molar-refractivity contribution in [3.8, 4) is 0 Å². The molecule has 5 nitrogen and oxygen atoms in total. The standard InChI is InChI=1S/C19H16BrClN2O3S2/c20-13-6-7-15(14(21)9-13)23-16-10-28(25,26)11-17(16)27-19(23)22-18(24)8-12-4-2-1-3-5-12/h1-7,9,16-17H,8,10-11H2/t16-,17-/m1/s1. The van der Waals surface area contributed by atoms with Gasteiger partial charge in [0, 0.05) is 9.72 Å². The van der Waals surface area contributed by atoms with Crippen LogP contribution in [0.2, 0.25) is 5.02 Å². The molecule has 0 saturated carbocycles. The Balaban J connectivity index is 1.68. The molecule has 0 aromatic heterocycles. The lowest BCUT2D eigenvalue weighted by Crippen LogP contribution is -2.38. The first-order valence-electron chi connectivity index (χ1n) is 8.59. The lowest BCUT2D eigenvalue weighted by atomic mass is 10.1. The van der Waals surface area contributed by atoms with Crippen molar-refractivity contribution >= 4 is 65.9 Å². The topological polar surface area (TPSA) is 66.8 Å². The molecular formula is C19H16BrClN2O3S2. The smallest absolute Gasteiger partial charge is 0.252 e. The molecule has 9 heteroatoms. The van der Waals surface area contributed by atoms with E-state index in [4.69, 9.17) is 11.6 Å². The molecule has 2 aliphatic heterocycles. The summed E-state index contributed by atoms with van der Waals surface area (Å²) in [5, 5.41) is 0.825. The van der Waals surface area contributed by atoms with E-state index >= 15 is 0 Å². The summed E-state index contributed by atoms with van der Waals surface area (Å²) in [6, 6.07) is 14.5. The van der Waals surface area contributed by atoms with E-state index in [1.54, 1.807) is 6.07 Å². The molecule has 2 aromatic rings. The third-order valence-electron chi connectivity index (χ3n) is 4.65. The third-order valence-corrected chi connectivity index (χ3v) is 8.66. The van der Waals surface area contributed by atoms with Crippen LogP contribution in [0.5, 0.6) is 0 Å². The number of carbonyl (C=O) groups is 1. The highest BCUT2D eigenvalue weighted by Gasteiger charge is 2.49. The van der Waals surface area contributed by atoms with Gasteiger partial charge in [0.1, 0.15) is 0 Å². The molecule has 0 radical (unpaired) electrons. The van der Waals surface area contributed by atoms with Gasteiger partial charge in [-0.3, -0.25) is 4.79 Å². The van der Waals surface area contributed by atoms with Crippen molar-refractivity contribution in [3.63, 3.8) is 0 Å². The molecule has 2 aromatic carbocycles. The zero-order chi connectivity index (χ0) is 19.9. The maximum Gasteiger partial charge on any atom is 0.252 e. The van der Waals surface area contributed by atoms with E-state index in [1.165, 1.54) is 11.8 Å². The van der Waals surface area contributed by atoms with Gasteiger partial charge in [0.15, 0.2) is 15.0 Å². The molecule has 0 N–H and O–H groups in total. The van der Waals surface area contributed by atoms with Crippen LogP contribution in [0.4, 0.5) is 5.69 Å². The summed E-state index contributed by atoms with van der Waals surface area (Å²) in [7, 11) is -3.12. The number of hydrogen-bond donors (Lipinski definition) is 0. The normalized spacial score (nSPS) is 24.5. The van der Waals surface area contributed by atoms with E-state index in [-0.39, 0.29) is 35.1 Å². The summed E-state index contributed by atoms with van der Waals surface area (Å²) in [6.45, 7) is 0. The van der Waals surface area contributed by atoms with Crippen LogP contribution in [0.3, 0.4) is 0 Å². The number of nitrogens with zero attached hydrogens (tertiary/aromatic N) is 2. The number of anilines is 1. The largest absolute Gasteiger partial charge is 0.314 e. The predicted molar refractivity (Wildman–Crippen MR) is 118 cm³/mol. The van der Waals surface area contributed by atoms with Gasteiger partial charge in [-0.25, -0.2) is 8.42 Å². The summed E-state index contributed by atoms with van der Waals surface area (Å²) in [5.74, 6) is -0.156. The second-order valence-corrected chi connectivity index (χ2v) is 11.4. The first-order valence-corrected chi connectivity index (χ1v) is 12.5. The molecule has 0 aliphatic carbocycles. The minimum absolute atomic E-state index is 0.0307. The fourth-order valence-corrected chi connectivity index (χ4v) is 8.13. The zero-order valence-corrected chi connectivity index (χ0v) is 18.6. The van der Waals surface area contributed by atoms with Gasteiger partial charge >= 0.3 is 0 Å². The number of aliphatic imine (C=N–C) groups is 1. The van der Waals surface area contributed by atoms with E-state index in [2.05, 4.69) is 20.9 Å². The molecule has 0 bridgehead atoms. The molecule has 28 heavy (non-hydrogen) atoms. The van der Waals surface area contributed by atoms with Crippen LogP contribution in [-0.2, 0) is 21.1 Å². The molecule has 2 fully saturated rings. The number of hydrogen-bond acceptors (Lipinski definition) is 4. The minimum atomic E-state index is -3.12. The number of amides is 1. The van der Waals surface area contributed by atoms with Gasteiger partial charge in [-0.05, 0) is 23.8 Å². The summed E-state index contributed by atoms with van der Waals surface area (Å²) in [5.41, 5.74) is 1.55. The average molecular weight is 500 g/mol. The van der Waals surface area contributed by atoms with Crippen LogP contribution < -0.4 is 4.90 Å². The second-order valence-electron chi connectivity index (χ2n) is 6.72. The third kappa shape index (κ3) is 4.15. The highest BCUT2D eigenvalue weighted by Crippen LogP contribution is 2.43. The van der Waals surface area contributed by atoms with Crippen molar-refractivity contribution in [2.45, 2.75) is 17.7 Å². The Kier molecular flexibility index (Phi) is 5.57. The fraction of sp³-hybridized carbons (Fsp3) is 0.263. The Morgan fingerprint density at radius 2 is 1.96 bits per heavy atom. The van der Waals surface area contributed by atoms with Gasteiger partial charge < -0.3 is 4.90 Å². The van der Waals surface area contributed by atoms with Gasteiger partial charge in [-0.1, -0.05) is 69.6 Å². The number of fused-ring (bicyclic) bond motifs is 1. The van der Waals surface area contributed by atoms with Crippen molar-refractivity contribution in [1.82, 2.24) is 0 Å². The van der Waals surface area contributed by atoms with Crippen LogP contribution in [0.25, 0.3) is 0 Å². The van der Waals surface area contributed by atoms with Gasteiger partial charge in [-0.2, -0.15) is 4.99 Å². The molecule has 4 rings (SSSR count). The van der Waals surface area contributed by atoms with E-state index in [1.807, 2.05) is 47.4 Å². The summed E-state index contributed by atoms with van der Waals surface area (Å²) in [6.07, 6.45) is 0.195. The highest BCUT2D eigenvalue weighted by atomic mass is 79.9. The molecule has 2 aliphatic rings. The molecule has 1 amide bonds. The molecule has 0 unspecified atom stereocenters. The van der Waals surface area contributed by atoms with Crippen molar-refractivity contribution in [1.29, 1.82) is 0 Å². The van der Waals surface area contributed by atoms with E-state index < -0.39 is 9.84 Å². The van der Waals surface area contributed by atoms with E-state index in [0.717, 1.165) is 10.0 Å². The van der Waals surface area contributed by atoms with E-state index in [0.29, 0.717) is 15.9 Å². The SMILES string of the molecule is O=C(Cc1ccccc1)N=C1S[C@@H]2CS(=O)(=O)C[C@H]2N1c1ccc(Br)cc1Cl. The molecule has 146 valence electrons. The van der Waals surface area contributed by atoms with Crippen LogP contribution in [0, 0.1) is 0 Å². The Morgan fingerprint density at radius 1 is 1.21 bits per heavy atom. The van der Waals surface area contributed by atoms with Crippen LogP contribution in [-0.4, -0.2) is 42.3 Å². The number of amidine groups is 1. The molecule has 2 saturated heterocycles. The quantitative estimate of drug-likeness (QED) is 0.640. The van der Waals surface area contributed by atoms with Gasteiger partial charge in [-0.15, -0.1) is 0 Å². The number of rotatable bonds is 3. The molecule has 2 heterocycles. The minimum Gasteiger partial charge on any atom is -0.314 e. The van der Waals surface area contributed by atoms with Crippen molar-refractivity contribution < 1.29 is 13.2 Å². The molecule has 0 spiro atoms. The van der Waals surface area contributed by atoms with Crippen molar-refractivity contribution in [3.05, 3.63) is 63.6 Å². The molecule has 2 atom stereocenters. The van der Waals surface area contributed by atoms with Crippen molar-refractivity contribution in [2.75, 3.05) is 16.4 Å². The Bertz CT molecular complexity index is 1060. The number of sulfone groups is 1. The van der Waals surface area contributed by atoms with Gasteiger partial charge in [0.2, 0.25) is 0 Å². The Morgan fingerprint density at radius 3 is 2.68 bits per heavy atom. The first-order chi connectivity index (χ1) is 13.3. The first kappa shape index (κ1) is 19.9. The summed E-state index contributed by atoms with van der Waals surface area (Å²) >= 11 is 11.2. The van der Waals surface area contributed by atoms with Gasteiger partial charge in [0.05, 0.1) is 34.7 Å². The lowest BCUT2D eigenvalue weighted by Gasteiger charge is -2.25. The fourth-order valence-electron chi connectivity index (χ4n) is 3.44. The monoisotopic (exact) mass is 498 g/mol. The average Bonchev–Trinajstić information content (AvgIpc) is 3.07. The Hall–Kier alpha value is -1.35. The molecular weight excluding hydrogens is 484 g/mol. The van der Waals surface area contributed by atoms with Gasteiger partial charge in [0.25, 0.3) is 5.91 Å². The highest BCUT2D eigenvalue weighted by molar-refractivity contribution is 9.10. The number of halogens is 2. The summed E-state index contributed by atoms with van der Waals surface area (Å²) in [4.78, 5) is 18.7. The maximum absolute atomic E-state index is 12.5. The maximum atomic E-state index is 12.5. The van der Waals surface area contributed by atoms with E-state index in [9.17, 15) is 13.2 Å².